The fourth-order valence-corrected chi connectivity index (χ4v) is 2.01. The number of benzene rings is 2. The maximum Gasteiger partial charge on any atom is 0.0984 e. The van der Waals surface area contributed by atoms with E-state index in [1.54, 1.807) is 0 Å². The summed E-state index contributed by atoms with van der Waals surface area (Å²) in [6.07, 6.45) is -0.538. The molecule has 0 bridgehead atoms. The smallest absolute Gasteiger partial charge is 0.0984 e. The van der Waals surface area contributed by atoms with Crippen molar-refractivity contribution in [1.82, 2.24) is 5.32 Å². The number of rotatable bonds is 4. The Hall–Kier alpha value is -1.64. The molecule has 2 heteroatoms. The van der Waals surface area contributed by atoms with Crippen molar-refractivity contribution >= 4 is 0 Å². The molecule has 17 heavy (non-hydrogen) atoms. The summed E-state index contributed by atoms with van der Waals surface area (Å²) in [4.78, 5) is 0. The summed E-state index contributed by atoms with van der Waals surface area (Å²) >= 11 is 0. The molecule has 0 fully saturated rings. The Morgan fingerprint density at radius 2 is 1.29 bits per heavy atom. The molecule has 2 atom stereocenters. The highest BCUT2D eigenvalue weighted by Crippen LogP contribution is 2.27. The molecule has 0 aliphatic heterocycles. The molecule has 2 rings (SSSR count). The van der Waals surface area contributed by atoms with Gasteiger partial charge in [0.25, 0.3) is 0 Å². The summed E-state index contributed by atoms with van der Waals surface area (Å²) in [5.74, 6) is 0. The number of hydrogen-bond donors (Lipinski definition) is 2. The fraction of sp³-hybridized carbons (Fsp3) is 0.200. The van der Waals surface area contributed by atoms with Crippen LogP contribution in [0.15, 0.2) is 60.7 Å². The van der Waals surface area contributed by atoms with Crippen molar-refractivity contribution in [2.24, 2.45) is 0 Å². The van der Waals surface area contributed by atoms with Gasteiger partial charge in [0.15, 0.2) is 0 Å². The van der Waals surface area contributed by atoms with Crippen molar-refractivity contribution in [2.75, 3.05) is 7.05 Å². The second-order valence-electron chi connectivity index (χ2n) is 4.03. The average molecular weight is 227 g/mol. The van der Waals surface area contributed by atoms with E-state index in [2.05, 4.69) is 5.32 Å². The van der Waals surface area contributed by atoms with E-state index >= 15 is 0 Å². The lowest BCUT2D eigenvalue weighted by molar-refractivity contribution is 0.133. The van der Waals surface area contributed by atoms with Gasteiger partial charge in [-0.2, -0.15) is 0 Å². The van der Waals surface area contributed by atoms with Gasteiger partial charge < -0.3 is 10.4 Å². The van der Waals surface area contributed by atoms with E-state index in [0.29, 0.717) is 0 Å². The second kappa shape index (κ2) is 5.62. The zero-order valence-electron chi connectivity index (χ0n) is 9.88. The summed E-state index contributed by atoms with van der Waals surface area (Å²) < 4.78 is 0. The Kier molecular flexibility index (Phi) is 3.91. The van der Waals surface area contributed by atoms with Gasteiger partial charge in [-0.3, -0.25) is 0 Å². The molecule has 0 aliphatic carbocycles. The van der Waals surface area contributed by atoms with Crippen molar-refractivity contribution in [3.63, 3.8) is 0 Å². The molecular formula is C15H17NO. The largest absolute Gasteiger partial charge is 0.386 e. The van der Waals surface area contributed by atoms with E-state index in [1.165, 1.54) is 0 Å². The monoisotopic (exact) mass is 227 g/mol. The normalized spacial score (nSPS) is 14.2. The van der Waals surface area contributed by atoms with Gasteiger partial charge in [0.1, 0.15) is 0 Å². The number of hydrogen-bond acceptors (Lipinski definition) is 2. The van der Waals surface area contributed by atoms with Crippen LogP contribution in [0.3, 0.4) is 0 Å². The van der Waals surface area contributed by atoms with Crippen molar-refractivity contribution in [3.05, 3.63) is 71.8 Å². The van der Waals surface area contributed by atoms with Crippen LogP contribution in [-0.2, 0) is 0 Å². The van der Waals surface area contributed by atoms with Gasteiger partial charge in [0, 0.05) is 0 Å². The van der Waals surface area contributed by atoms with Gasteiger partial charge in [0.2, 0.25) is 0 Å². The molecule has 2 N–H and O–H groups in total. The van der Waals surface area contributed by atoms with E-state index in [4.69, 9.17) is 0 Å². The van der Waals surface area contributed by atoms with Crippen LogP contribution in [0.5, 0.6) is 0 Å². The van der Waals surface area contributed by atoms with Crippen molar-refractivity contribution < 1.29 is 5.11 Å². The van der Waals surface area contributed by atoms with Gasteiger partial charge in [-0.25, -0.2) is 0 Å². The summed E-state index contributed by atoms with van der Waals surface area (Å²) in [6, 6.07) is 19.6. The van der Waals surface area contributed by atoms with E-state index in [-0.39, 0.29) is 6.04 Å². The summed E-state index contributed by atoms with van der Waals surface area (Å²) in [6.45, 7) is 0. The van der Waals surface area contributed by atoms with Crippen LogP contribution in [0, 0.1) is 0 Å². The van der Waals surface area contributed by atoms with E-state index in [9.17, 15) is 5.11 Å². The summed E-state index contributed by atoms with van der Waals surface area (Å²) in [5, 5.41) is 13.5. The second-order valence-corrected chi connectivity index (χ2v) is 4.03. The van der Waals surface area contributed by atoms with Crippen molar-refractivity contribution in [2.45, 2.75) is 12.1 Å². The average Bonchev–Trinajstić information content (AvgIpc) is 2.42. The fourth-order valence-electron chi connectivity index (χ4n) is 2.01. The Balaban J connectivity index is 2.25. The quantitative estimate of drug-likeness (QED) is 0.841. The lowest BCUT2D eigenvalue weighted by atomic mass is 9.96. The first-order valence-electron chi connectivity index (χ1n) is 5.78. The van der Waals surface area contributed by atoms with E-state index in [1.807, 2.05) is 67.7 Å². The first-order chi connectivity index (χ1) is 8.33. The van der Waals surface area contributed by atoms with Crippen molar-refractivity contribution in [3.8, 4) is 0 Å². The molecule has 0 aliphatic rings. The Labute approximate surface area is 102 Å². The van der Waals surface area contributed by atoms with Gasteiger partial charge in [-0.1, -0.05) is 60.7 Å². The lowest BCUT2D eigenvalue weighted by Crippen LogP contribution is -2.23. The topological polar surface area (TPSA) is 32.3 Å². The number of likely N-dealkylation sites (N-methyl/N-ethyl adjacent to an activating group) is 1. The van der Waals surface area contributed by atoms with Crippen LogP contribution in [-0.4, -0.2) is 12.2 Å². The Bertz CT molecular complexity index is 441. The molecule has 0 saturated heterocycles. The minimum atomic E-state index is -0.538. The molecule has 0 spiro atoms. The molecular weight excluding hydrogens is 210 g/mol. The first kappa shape index (κ1) is 11.8. The Morgan fingerprint density at radius 1 is 0.824 bits per heavy atom. The minimum absolute atomic E-state index is 0.0846. The molecule has 88 valence electrons. The predicted molar refractivity (Wildman–Crippen MR) is 69.6 cm³/mol. The molecule has 2 nitrogen and oxygen atoms in total. The highest BCUT2D eigenvalue weighted by Gasteiger charge is 2.20. The van der Waals surface area contributed by atoms with Crippen LogP contribution in [0.2, 0.25) is 0 Å². The number of nitrogens with one attached hydrogen (secondary N) is 1. The third-order valence-electron chi connectivity index (χ3n) is 2.93. The predicted octanol–water partition coefficient (Wildman–Crippen LogP) is 2.68. The van der Waals surface area contributed by atoms with Gasteiger partial charge in [-0.15, -0.1) is 0 Å². The van der Waals surface area contributed by atoms with Crippen LogP contribution in [0.25, 0.3) is 0 Å². The summed E-state index contributed by atoms with van der Waals surface area (Å²) in [7, 11) is 1.86. The lowest BCUT2D eigenvalue weighted by Gasteiger charge is -2.23. The van der Waals surface area contributed by atoms with E-state index in [0.717, 1.165) is 11.1 Å². The van der Waals surface area contributed by atoms with Crippen LogP contribution >= 0.6 is 0 Å². The number of aliphatic hydroxyl groups is 1. The minimum Gasteiger partial charge on any atom is -0.386 e. The van der Waals surface area contributed by atoms with Gasteiger partial charge in [-0.05, 0) is 18.2 Å². The van der Waals surface area contributed by atoms with Crippen LogP contribution < -0.4 is 5.32 Å². The molecule has 0 heterocycles. The molecule has 0 amide bonds. The van der Waals surface area contributed by atoms with Gasteiger partial charge in [0.05, 0.1) is 12.1 Å². The molecule has 2 aromatic carbocycles. The standard InChI is InChI=1S/C15H17NO/c1-16-14(12-8-4-2-5-9-12)15(17)13-10-6-3-7-11-13/h2-11,14-17H,1H3/t14-,15?/m1/s1. The molecule has 1 unspecified atom stereocenters. The zero-order valence-corrected chi connectivity index (χ0v) is 9.88. The molecule has 0 saturated carbocycles. The maximum absolute atomic E-state index is 10.4. The molecule has 0 aromatic heterocycles. The SMILES string of the molecule is CN[C@H](c1ccccc1)C(O)c1ccccc1. The maximum atomic E-state index is 10.4. The number of aliphatic hydroxyl groups excluding tert-OH is 1. The highest BCUT2D eigenvalue weighted by atomic mass is 16.3. The van der Waals surface area contributed by atoms with Crippen LogP contribution in [0.1, 0.15) is 23.3 Å². The van der Waals surface area contributed by atoms with Crippen LogP contribution in [0.4, 0.5) is 0 Å². The highest BCUT2D eigenvalue weighted by molar-refractivity contribution is 5.25. The van der Waals surface area contributed by atoms with E-state index < -0.39 is 6.10 Å². The van der Waals surface area contributed by atoms with Crippen molar-refractivity contribution in [1.29, 1.82) is 0 Å². The third-order valence-corrected chi connectivity index (χ3v) is 2.93. The Morgan fingerprint density at radius 3 is 1.76 bits per heavy atom. The molecule has 2 aromatic rings. The zero-order chi connectivity index (χ0) is 12.1. The van der Waals surface area contributed by atoms with Gasteiger partial charge >= 0.3 is 0 Å². The summed E-state index contributed by atoms with van der Waals surface area (Å²) in [5.41, 5.74) is 2.02. The molecule has 0 radical (unpaired) electrons. The first-order valence-corrected chi connectivity index (χ1v) is 5.78. The third kappa shape index (κ3) is 2.73.